The Labute approximate surface area is 200 Å². The molecule has 0 unspecified atom stereocenters. The molecular formula is C27H34N2O5. The van der Waals surface area contributed by atoms with Crippen LogP contribution in [0.15, 0.2) is 48.5 Å². The van der Waals surface area contributed by atoms with Gasteiger partial charge >= 0.3 is 12.1 Å². The molecule has 7 nitrogen and oxygen atoms in total. The number of ether oxygens (including phenoxy) is 1. The first kappa shape index (κ1) is 25.3. The van der Waals surface area contributed by atoms with E-state index in [1.807, 2.05) is 64.1 Å². The van der Waals surface area contributed by atoms with Gasteiger partial charge < -0.3 is 20.5 Å². The van der Waals surface area contributed by atoms with Crippen LogP contribution < -0.4 is 10.6 Å². The highest BCUT2D eigenvalue weighted by Crippen LogP contribution is 2.44. The molecule has 0 aromatic heterocycles. The zero-order chi connectivity index (χ0) is 24.8. The van der Waals surface area contributed by atoms with Crippen molar-refractivity contribution in [2.75, 3.05) is 6.61 Å². The van der Waals surface area contributed by atoms with Crippen LogP contribution in [0.4, 0.5) is 4.79 Å². The number of carbonyl (C=O) groups is 3. The van der Waals surface area contributed by atoms with E-state index in [0.29, 0.717) is 12.8 Å². The summed E-state index contributed by atoms with van der Waals surface area (Å²) in [5.74, 6) is -1.80. The molecular weight excluding hydrogens is 432 g/mol. The molecule has 2 amide bonds. The number of alkyl carbamates (subject to hydrolysis) is 1. The van der Waals surface area contributed by atoms with Gasteiger partial charge in [-0.2, -0.15) is 0 Å². The molecule has 0 heterocycles. The maximum Gasteiger partial charge on any atom is 0.407 e. The second kappa shape index (κ2) is 11.2. The van der Waals surface area contributed by atoms with Gasteiger partial charge in [0, 0.05) is 5.92 Å². The summed E-state index contributed by atoms with van der Waals surface area (Å²) in [5.41, 5.74) is 4.47. The number of nitrogens with one attached hydrogen (secondary N) is 2. The largest absolute Gasteiger partial charge is 0.480 e. The third kappa shape index (κ3) is 5.76. The van der Waals surface area contributed by atoms with Crippen molar-refractivity contribution in [3.63, 3.8) is 0 Å². The molecule has 0 saturated carbocycles. The van der Waals surface area contributed by atoms with E-state index in [9.17, 15) is 19.5 Å². The summed E-state index contributed by atoms with van der Waals surface area (Å²) < 4.78 is 5.59. The number of aliphatic carboxylic acids is 1. The van der Waals surface area contributed by atoms with Gasteiger partial charge in [-0.15, -0.1) is 0 Å². The van der Waals surface area contributed by atoms with Crippen LogP contribution in [0.2, 0.25) is 0 Å². The van der Waals surface area contributed by atoms with Crippen LogP contribution in [-0.2, 0) is 14.3 Å². The van der Waals surface area contributed by atoms with Crippen molar-refractivity contribution in [3.8, 4) is 11.1 Å². The Morgan fingerprint density at radius 3 is 2.00 bits per heavy atom. The Bertz CT molecular complexity index is 990. The molecule has 3 atom stereocenters. The van der Waals surface area contributed by atoms with Gasteiger partial charge in [-0.1, -0.05) is 82.6 Å². The number of carbonyl (C=O) groups excluding carboxylic acids is 2. The van der Waals surface area contributed by atoms with Crippen molar-refractivity contribution in [2.24, 2.45) is 11.8 Å². The first-order valence-corrected chi connectivity index (χ1v) is 11.9. The smallest absolute Gasteiger partial charge is 0.407 e. The maximum atomic E-state index is 12.9. The summed E-state index contributed by atoms with van der Waals surface area (Å²) in [6, 6.07) is 14.2. The Balaban J connectivity index is 1.68. The van der Waals surface area contributed by atoms with E-state index in [1.165, 1.54) is 0 Å². The Morgan fingerprint density at radius 2 is 1.50 bits per heavy atom. The van der Waals surface area contributed by atoms with Crippen molar-refractivity contribution < 1.29 is 24.2 Å². The Hall–Kier alpha value is -3.35. The fourth-order valence-corrected chi connectivity index (χ4v) is 4.42. The lowest BCUT2D eigenvalue weighted by molar-refractivity contribution is -0.142. The quantitative estimate of drug-likeness (QED) is 0.476. The Kier molecular flexibility index (Phi) is 8.31. The third-order valence-corrected chi connectivity index (χ3v) is 6.43. The van der Waals surface area contributed by atoms with Crippen molar-refractivity contribution in [1.82, 2.24) is 10.6 Å². The lowest BCUT2D eigenvalue weighted by Gasteiger charge is -2.26. The molecule has 1 aliphatic carbocycles. The van der Waals surface area contributed by atoms with Gasteiger partial charge in [0.2, 0.25) is 5.91 Å². The lowest BCUT2D eigenvalue weighted by atomic mass is 9.97. The molecule has 2 aromatic rings. The predicted molar refractivity (Wildman–Crippen MR) is 130 cm³/mol. The van der Waals surface area contributed by atoms with Crippen molar-refractivity contribution in [1.29, 1.82) is 0 Å². The van der Waals surface area contributed by atoms with Crippen LogP contribution in [0.1, 0.15) is 57.6 Å². The summed E-state index contributed by atoms with van der Waals surface area (Å²) in [7, 11) is 0. The van der Waals surface area contributed by atoms with E-state index in [1.54, 1.807) is 0 Å². The van der Waals surface area contributed by atoms with Crippen LogP contribution in [-0.4, -0.2) is 41.8 Å². The fraction of sp³-hybridized carbons (Fsp3) is 0.444. The highest BCUT2D eigenvalue weighted by Gasteiger charge is 2.32. The highest BCUT2D eigenvalue weighted by molar-refractivity contribution is 5.89. The van der Waals surface area contributed by atoms with Crippen molar-refractivity contribution in [2.45, 2.75) is 58.5 Å². The molecule has 0 radical (unpaired) electrons. The van der Waals surface area contributed by atoms with E-state index >= 15 is 0 Å². The van der Waals surface area contributed by atoms with E-state index in [4.69, 9.17) is 4.74 Å². The second-order valence-corrected chi connectivity index (χ2v) is 9.36. The van der Waals surface area contributed by atoms with Gasteiger partial charge in [0.25, 0.3) is 0 Å². The molecule has 182 valence electrons. The molecule has 0 spiro atoms. The molecule has 0 saturated heterocycles. The predicted octanol–water partition coefficient (Wildman–Crippen LogP) is 4.56. The molecule has 34 heavy (non-hydrogen) atoms. The number of rotatable bonds is 10. The number of amides is 2. The lowest BCUT2D eigenvalue weighted by Crippen LogP contribution is -2.54. The van der Waals surface area contributed by atoms with E-state index in [2.05, 4.69) is 22.8 Å². The average Bonchev–Trinajstić information content (AvgIpc) is 3.13. The van der Waals surface area contributed by atoms with E-state index < -0.39 is 30.1 Å². The molecule has 3 N–H and O–H groups in total. The minimum absolute atomic E-state index is 0.0866. The first-order chi connectivity index (χ1) is 16.2. The van der Waals surface area contributed by atoms with Crippen LogP contribution in [0.5, 0.6) is 0 Å². The first-order valence-electron chi connectivity index (χ1n) is 11.9. The number of hydrogen-bond acceptors (Lipinski definition) is 4. The number of benzene rings is 2. The summed E-state index contributed by atoms with van der Waals surface area (Å²) in [5, 5.41) is 14.7. The molecule has 0 fully saturated rings. The molecule has 0 aliphatic heterocycles. The van der Waals surface area contributed by atoms with E-state index in [0.717, 1.165) is 22.3 Å². The zero-order valence-corrected chi connectivity index (χ0v) is 20.2. The maximum absolute atomic E-state index is 12.9. The van der Waals surface area contributed by atoms with Crippen molar-refractivity contribution >= 4 is 18.0 Å². The molecule has 0 bridgehead atoms. The van der Waals surface area contributed by atoms with Gasteiger partial charge in [0.15, 0.2) is 0 Å². The van der Waals surface area contributed by atoms with Crippen LogP contribution in [0.3, 0.4) is 0 Å². The minimum Gasteiger partial charge on any atom is -0.480 e. The van der Waals surface area contributed by atoms with Crippen LogP contribution >= 0.6 is 0 Å². The summed E-state index contributed by atoms with van der Waals surface area (Å²) in [4.78, 5) is 37.2. The zero-order valence-electron chi connectivity index (χ0n) is 20.2. The van der Waals surface area contributed by atoms with Gasteiger partial charge in [-0.3, -0.25) is 4.79 Å². The SMILES string of the molecule is CC[C@H](C)[C@H](NC(=O)OCC1c2ccccc2-c2ccccc21)C(=O)N[C@@H](CC(C)C)C(=O)O. The third-order valence-electron chi connectivity index (χ3n) is 6.43. The normalized spacial score (nSPS) is 15.1. The second-order valence-electron chi connectivity index (χ2n) is 9.36. The summed E-state index contributed by atoms with van der Waals surface area (Å²) in [6.07, 6.45) is 0.237. The number of fused-ring (bicyclic) bond motifs is 3. The molecule has 1 aliphatic rings. The minimum atomic E-state index is -1.09. The number of carboxylic acids is 1. The number of carboxylic acid groups (broad SMARTS) is 1. The summed E-state index contributed by atoms with van der Waals surface area (Å²) >= 11 is 0. The van der Waals surface area contributed by atoms with Gasteiger partial charge in [-0.05, 0) is 40.5 Å². The standard InChI is InChI=1S/C27H34N2O5/c1-5-17(4)24(25(30)28-23(26(31)32)14-16(2)3)29-27(33)34-15-22-20-12-8-6-10-18(20)19-11-7-9-13-21(19)22/h6-13,16-17,22-24H,5,14-15H2,1-4H3,(H,28,30)(H,29,33)(H,31,32)/t17-,23-,24-/m0/s1. The van der Waals surface area contributed by atoms with Crippen molar-refractivity contribution in [3.05, 3.63) is 59.7 Å². The average molecular weight is 467 g/mol. The highest BCUT2D eigenvalue weighted by atomic mass is 16.5. The molecule has 2 aromatic carbocycles. The van der Waals surface area contributed by atoms with E-state index in [-0.39, 0.29) is 24.4 Å². The van der Waals surface area contributed by atoms with Gasteiger partial charge in [-0.25, -0.2) is 9.59 Å². The topological polar surface area (TPSA) is 105 Å². The summed E-state index contributed by atoms with van der Waals surface area (Å²) in [6.45, 7) is 7.67. The van der Waals surface area contributed by atoms with Gasteiger partial charge in [0.1, 0.15) is 18.7 Å². The Morgan fingerprint density at radius 1 is 0.941 bits per heavy atom. The molecule has 7 heteroatoms. The number of hydrogen-bond donors (Lipinski definition) is 3. The molecule has 3 rings (SSSR count). The van der Waals surface area contributed by atoms with Crippen LogP contribution in [0, 0.1) is 11.8 Å². The fourth-order valence-electron chi connectivity index (χ4n) is 4.42. The monoisotopic (exact) mass is 466 g/mol. The van der Waals surface area contributed by atoms with Gasteiger partial charge in [0.05, 0.1) is 0 Å². The van der Waals surface area contributed by atoms with Crippen LogP contribution in [0.25, 0.3) is 11.1 Å².